The molecule has 0 aromatic rings. The van der Waals surface area contributed by atoms with Gasteiger partial charge in [0.05, 0.1) is 0 Å². The van der Waals surface area contributed by atoms with Gasteiger partial charge < -0.3 is 14.2 Å². The highest BCUT2D eigenvalue weighted by atomic mass is 16.6. The second-order valence-corrected chi connectivity index (χ2v) is 18.3. The van der Waals surface area contributed by atoms with Crippen LogP contribution in [0.3, 0.4) is 0 Å². The quantitative estimate of drug-likeness (QED) is 0.0346. The molecule has 0 spiro atoms. The molecule has 0 N–H and O–H groups in total. The molecule has 344 valence electrons. The number of ether oxygens (including phenoxy) is 3. The summed E-state index contributed by atoms with van der Waals surface area (Å²) in [4.78, 5) is 37.9. The molecule has 0 aliphatic carbocycles. The van der Waals surface area contributed by atoms with Crippen molar-refractivity contribution in [1.82, 2.24) is 0 Å². The summed E-state index contributed by atoms with van der Waals surface area (Å²) in [6.07, 6.45) is 48.0. The van der Waals surface area contributed by atoms with Crippen molar-refractivity contribution in [2.45, 2.75) is 297 Å². The van der Waals surface area contributed by atoms with Gasteiger partial charge in [-0.3, -0.25) is 14.4 Å². The van der Waals surface area contributed by atoms with E-state index < -0.39 is 6.10 Å². The molecule has 58 heavy (non-hydrogen) atoms. The average Bonchev–Trinajstić information content (AvgIpc) is 3.21. The summed E-state index contributed by atoms with van der Waals surface area (Å²) in [5, 5.41) is 0. The second kappa shape index (κ2) is 46.5. The first kappa shape index (κ1) is 56.4. The first-order chi connectivity index (χ1) is 28.4. The number of rotatable bonds is 47. The Kier molecular flexibility index (Phi) is 45.2. The number of unbranched alkanes of at least 4 members (excludes halogenated alkanes) is 34. The topological polar surface area (TPSA) is 78.9 Å². The van der Waals surface area contributed by atoms with E-state index in [9.17, 15) is 14.4 Å². The van der Waals surface area contributed by atoms with Crippen LogP contribution in [0.5, 0.6) is 0 Å². The summed E-state index contributed by atoms with van der Waals surface area (Å²) >= 11 is 0. The molecule has 0 aromatic heterocycles. The fraction of sp³-hybridized carbons (Fsp3) is 0.942. The average molecular weight is 821 g/mol. The lowest BCUT2D eigenvalue weighted by atomic mass is 10.0. The van der Waals surface area contributed by atoms with Gasteiger partial charge in [0.2, 0.25) is 0 Å². The predicted octanol–water partition coefficient (Wildman–Crippen LogP) is 16.7. The Morgan fingerprint density at radius 3 is 0.845 bits per heavy atom. The van der Waals surface area contributed by atoms with Crippen LogP contribution in [-0.4, -0.2) is 37.2 Å². The minimum Gasteiger partial charge on any atom is -0.462 e. The third-order valence-corrected chi connectivity index (χ3v) is 11.8. The van der Waals surface area contributed by atoms with Crippen molar-refractivity contribution in [2.75, 3.05) is 13.2 Å². The Morgan fingerprint density at radius 1 is 0.328 bits per heavy atom. The van der Waals surface area contributed by atoms with E-state index in [4.69, 9.17) is 14.2 Å². The summed E-state index contributed by atoms with van der Waals surface area (Å²) in [5.74, 6) is -0.0204. The summed E-state index contributed by atoms with van der Waals surface area (Å²) in [6, 6.07) is 0. The van der Waals surface area contributed by atoms with Crippen LogP contribution in [-0.2, 0) is 28.6 Å². The van der Waals surface area contributed by atoms with Crippen molar-refractivity contribution in [2.24, 2.45) is 5.92 Å². The van der Waals surface area contributed by atoms with E-state index in [0.717, 1.165) is 63.7 Å². The van der Waals surface area contributed by atoms with Crippen LogP contribution >= 0.6 is 0 Å². The zero-order valence-corrected chi connectivity index (χ0v) is 39.5. The van der Waals surface area contributed by atoms with E-state index in [1.54, 1.807) is 0 Å². The van der Waals surface area contributed by atoms with Gasteiger partial charge in [0, 0.05) is 19.3 Å². The van der Waals surface area contributed by atoms with Crippen LogP contribution in [0.2, 0.25) is 0 Å². The summed E-state index contributed by atoms with van der Waals surface area (Å²) in [5.41, 5.74) is 0. The van der Waals surface area contributed by atoms with Gasteiger partial charge in [-0.1, -0.05) is 252 Å². The van der Waals surface area contributed by atoms with E-state index in [-0.39, 0.29) is 31.1 Å². The molecule has 1 atom stereocenters. The van der Waals surface area contributed by atoms with Gasteiger partial charge in [-0.15, -0.1) is 0 Å². The Balaban J connectivity index is 4.26. The fourth-order valence-corrected chi connectivity index (χ4v) is 7.86. The number of hydrogen-bond acceptors (Lipinski definition) is 6. The second-order valence-electron chi connectivity index (χ2n) is 18.3. The molecule has 0 aromatic carbocycles. The molecule has 0 saturated carbocycles. The lowest BCUT2D eigenvalue weighted by molar-refractivity contribution is -0.167. The monoisotopic (exact) mass is 821 g/mol. The third-order valence-electron chi connectivity index (χ3n) is 11.8. The largest absolute Gasteiger partial charge is 0.462 e. The first-order valence-corrected chi connectivity index (χ1v) is 25.9. The molecule has 0 amide bonds. The lowest BCUT2D eigenvalue weighted by Crippen LogP contribution is -2.30. The van der Waals surface area contributed by atoms with Gasteiger partial charge in [0.1, 0.15) is 13.2 Å². The van der Waals surface area contributed by atoms with Gasteiger partial charge in [-0.25, -0.2) is 0 Å². The Bertz CT molecular complexity index is 872. The van der Waals surface area contributed by atoms with Gasteiger partial charge in [-0.05, 0) is 25.2 Å². The van der Waals surface area contributed by atoms with Crippen LogP contribution in [0.25, 0.3) is 0 Å². The molecule has 0 aliphatic heterocycles. The van der Waals surface area contributed by atoms with Gasteiger partial charge in [-0.2, -0.15) is 0 Å². The highest BCUT2D eigenvalue weighted by Gasteiger charge is 2.19. The zero-order chi connectivity index (χ0) is 42.4. The highest BCUT2D eigenvalue weighted by molar-refractivity contribution is 5.71. The molecule has 0 bridgehead atoms. The molecule has 0 radical (unpaired) electrons. The molecular weight excluding hydrogens is 721 g/mol. The van der Waals surface area contributed by atoms with E-state index in [1.165, 1.54) is 186 Å². The summed E-state index contributed by atoms with van der Waals surface area (Å²) in [7, 11) is 0. The normalized spacial score (nSPS) is 11.9. The summed E-state index contributed by atoms with van der Waals surface area (Å²) < 4.78 is 16.8. The highest BCUT2D eigenvalue weighted by Crippen LogP contribution is 2.17. The number of carbonyl (C=O) groups excluding carboxylic acids is 3. The Labute approximate surface area is 361 Å². The Hall–Kier alpha value is -1.59. The van der Waals surface area contributed by atoms with Gasteiger partial charge in [0.15, 0.2) is 6.10 Å². The fourth-order valence-electron chi connectivity index (χ4n) is 7.86. The maximum atomic E-state index is 12.8. The van der Waals surface area contributed by atoms with E-state index in [1.807, 2.05) is 0 Å². The van der Waals surface area contributed by atoms with Crippen molar-refractivity contribution < 1.29 is 28.6 Å². The van der Waals surface area contributed by atoms with Crippen molar-refractivity contribution >= 4 is 17.9 Å². The van der Waals surface area contributed by atoms with E-state index in [2.05, 4.69) is 27.7 Å². The number of esters is 3. The van der Waals surface area contributed by atoms with Crippen molar-refractivity contribution in [1.29, 1.82) is 0 Å². The molecule has 6 heteroatoms. The minimum absolute atomic E-state index is 0.0631. The third kappa shape index (κ3) is 45.5. The van der Waals surface area contributed by atoms with E-state index >= 15 is 0 Å². The van der Waals surface area contributed by atoms with Crippen LogP contribution in [0.1, 0.15) is 291 Å². The van der Waals surface area contributed by atoms with Crippen LogP contribution in [0.15, 0.2) is 0 Å². The molecular formula is C52H100O6. The molecule has 0 fully saturated rings. The molecule has 0 heterocycles. The lowest BCUT2D eigenvalue weighted by Gasteiger charge is -2.18. The number of carbonyl (C=O) groups is 3. The van der Waals surface area contributed by atoms with Crippen molar-refractivity contribution in [3.63, 3.8) is 0 Å². The zero-order valence-electron chi connectivity index (χ0n) is 39.5. The summed E-state index contributed by atoms with van der Waals surface area (Å²) in [6.45, 7) is 9.01. The minimum atomic E-state index is -0.760. The van der Waals surface area contributed by atoms with Gasteiger partial charge >= 0.3 is 17.9 Å². The smallest absolute Gasteiger partial charge is 0.306 e. The van der Waals surface area contributed by atoms with Gasteiger partial charge in [0.25, 0.3) is 0 Å². The van der Waals surface area contributed by atoms with Crippen molar-refractivity contribution in [3.8, 4) is 0 Å². The standard InChI is InChI=1S/C52H100O6/c1-5-7-9-11-13-15-16-17-18-19-20-21-24-29-33-37-41-45-52(55)58-49(46-56-50(53)43-39-35-31-26-14-12-10-8-6-2)47-57-51(54)44-40-36-32-28-25-22-23-27-30-34-38-42-48(3)4/h48-49H,5-47H2,1-4H3/t49-/m1/s1. The molecule has 0 saturated heterocycles. The van der Waals surface area contributed by atoms with Crippen molar-refractivity contribution in [3.05, 3.63) is 0 Å². The SMILES string of the molecule is CCCCCCCCCCCCCCCCCCCC(=O)O[C@H](COC(=O)CCCCCCCCCCC)COC(=O)CCCCCCCCCCCCCC(C)C. The maximum Gasteiger partial charge on any atom is 0.306 e. The van der Waals surface area contributed by atoms with Crippen LogP contribution in [0, 0.1) is 5.92 Å². The molecule has 6 nitrogen and oxygen atoms in total. The molecule has 0 rings (SSSR count). The Morgan fingerprint density at radius 2 is 0.569 bits per heavy atom. The first-order valence-electron chi connectivity index (χ1n) is 25.9. The van der Waals surface area contributed by atoms with Crippen LogP contribution < -0.4 is 0 Å². The molecule has 0 unspecified atom stereocenters. The number of hydrogen-bond donors (Lipinski definition) is 0. The predicted molar refractivity (Wildman–Crippen MR) is 247 cm³/mol. The van der Waals surface area contributed by atoms with E-state index in [0.29, 0.717) is 19.3 Å². The maximum absolute atomic E-state index is 12.8. The molecule has 0 aliphatic rings. The van der Waals surface area contributed by atoms with Crippen LogP contribution in [0.4, 0.5) is 0 Å².